The van der Waals surface area contributed by atoms with Gasteiger partial charge in [0, 0.05) is 19.0 Å². The Balaban J connectivity index is 2.24. The lowest BCUT2D eigenvalue weighted by Gasteiger charge is -2.38. The minimum absolute atomic E-state index is 0.00420. The van der Waals surface area contributed by atoms with Gasteiger partial charge in [-0.15, -0.1) is 0 Å². The number of carboxylic acid groups (broad SMARTS) is 1. The highest BCUT2D eigenvalue weighted by Gasteiger charge is 2.48. The molecule has 1 heterocycles. The van der Waals surface area contributed by atoms with Gasteiger partial charge >= 0.3 is 11.9 Å². The van der Waals surface area contributed by atoms with E-state index in [0.29, 0.717) is 18.0 Å². The molecule has 0 bridgehead atoms. The van der Waals surface area contributed by atoms with Crippen molar-refractivity contribution in [3.63, 3.8) is 0 Å². The topological polar surface area (TPSA) is 184 Å². The van der Waals surface area contributed by atoms with Crippen molar-refractivity contribution >= 4 is 23.5 Å². The third-order valence-corrected chi connectivity index (χ3v) is 6.17. The zero-order valence-corrected chi connectivity index (χ0v) is 22.6. The molecule has 1 amide bonds. The average molecular weight is 541 g/mol. The zero-order chi connectivity index (χ0) is 28.8. The number of aliphatic hydroxyl groups excluding tert-OH is 3. The lowest BCUT2D eigenvalue weighted by molar-refractivity contribution is -0.271. The van der Waals surface area contributed by atoms with Crippen molar-refractivity contribution in [2.24, 2.45) is 11.3 Å². The van der Waals surface area contributed by atoms with Crippen LogP contribution in [0, 0.1) is 11.3 Å². The number of hydrogen-bond acceptors (Lipinski definition) is 10. The predicted molar refractivity (Wildman–Crippen MR) is 136 cm³/mol. The second kappa shape index (κ2) is 13.3. The molecule has 214 valence electrons. The summed E-state index contributed by atoms with van der Waals surface area (Å²) >= 11 is 0. The number of aliphatic carboxylic acids is 1. The van der Waals surface area contributed by atoms with Crippen molar-refractivity contribution in [1.82, 2.24) is 5.32 Å². The number of amides is 1. The van der Waals surface area contributed by atoms with Gasteiger partial charge in [-0.05, 0) is 51.3 Å². The van der Waals surface area contributed by atoms with Gasteiger partial charge in [-0.1, -0.05) is 19.9 Å². The van der Waals surface area contributed by atoms with E-state index in [0.717, 1.165) is 0 Å². The van der Waals surface area contributed by atoms with E-state index in [1.54, 1.807) is 26.8 Å². The van der Waals surface area contributed by atoms with E-state index in [2.05, 4.69) is 24.5 Å². The van der Waals surface area contributed by atoms with Crippen LogP contribution in [0.15, 0.2) is 18.2 Å². The number of esters is 1. The largest absolute Gasteiger partial charge is 0.479 e. The van der Waals surface area contributed by atoms with Crippen LogP contribution in [0.25, 0.3) is 0 Å². The molecule has 0 aliphatic carbocycles. The summed E-state index contributed by atoms with van der Waals surface area (Å²) < 4.78 is 16.2. The molecule has 1 aliphatic rings. The van der Waals surface area contributed by atoms with Gasteiger partial charge in [0.1, 0.15) is 30.7 Å². The normalized spacial score (nSPS) is 24.5. The highest BCUT2D eigenvalue weighted by atomic mass is 16.7. The van der Waals surface area contributed by atoms with Gasteiger partial charge < -0.3 is 45.3 Å². The maximum Gasteiger partial charge on any atom is 0.335 e. The van der Waals surface area contributed by atoms with Crippen LogP contribution in [0.1, 0.15) is 53.5 Å². The average Bonchev–Trinajstić information content (AvgIpc) is 2.82. The number of nitrogens with one attached hydrogen (secondary N) is 2. The van der Waals surface area contributed by atoms with E-state index in [-0.39, 0.29) is 36.4 Å². The number of benzene rings is 1. The Morgan fingerprint density at radius 1 is 1.05 bits per heavy atom. The molecule has 0 saturated carbocycles. The van der Waals surface area contributed by atoms with E-state index in [4.69, 9.17) is 14.2 Å². The molecule has 1 aromatic rings. The number of carboxylic acids is 1. The molecule has 1 aliphatic heterocycles. The first-order valence-corrected chi connectivity index (χ1v) is 12.5. The second-order valence-corrected chi connectivity index (χ2v) is 10.8. The number of ether oxygens (including phenoxy) is 3. The third-order valence-electron chi connectivity index (χ3n) is 6.17. The molecule has 38 heavy (non-hydrogen) atoms. The Labute approximate surface area is 222 Å². The molecule has 1 aromatic carbocycles. The van der Waals surface area contributed by atoms with Crippen molar-refractivity contribution in [2.75, 3.05) is 11.9 Å². The smallest absolute Gasteiger partial charge is 0.335 e. The van der Waals surface area contributed by atoms with Crippen LogP contribution >= 0.6 is 0 Å². The monoisotopic (exact) mass is 540 g/mol. The molecule has 0 radical (unpaired) electrons. The van der Waals surface area contributed by atoms with Gasteiger partial charge in [-0.2, -0.15) is 0 Å². The van der Waals surface area contributed by atoms with E-state index in [9.17, 15) is 34.8 Å². The van der Waals surface area contributed by atoms with Crippen molar-refractivity contribution in [3.8, 4) is 5.75 Å². The van der Waals surface area contributed by atoms with Crippen LogP contribution in [0.4, 0.5) is 5.69 Å². The van der Waals surface area contributed by atoms with Gasteiger partial charge in [0.2, 0.25) is 12.2 Å². The van der Waals surface area contributed by atoms with Crippen LogP contribution in [0.2, 0.25) is 0 Å². The predicted octanol–water partition coefficient (Wildman–Crippen LogP) is 1.01. The summed E-state index contributed by atoms with van der Waals surface area (Å²) in [5.74, 6) is -1.93. The molecule has 6 N–H and O–H groups in total. The summed E-state index contributed by atoms with van der Waals surface area (Å²) in [4.78, 5) is 36.3. The lowest BCUT2D eigenvalue weighted by atomic mass is 9.97. The van der Waals surface area contributed by atoms with E-state index >= 15 is 0 Å². The molecule has 1 unspecified atom stereocenters. The Morgan fingerprint density at radius 2 is 1.71 bits per heavy atom. The quantitative estimate of drug-likeness (QED) is 0.220. The summed E-state index contributed by atoms with van der Waals surface area (Å²) in [5, 5.41) is 45.6. The minimum Gasteiger partial charge on any atom is -0.479 e. The molecular weight excluding hydrogens is 500 g/mol. The Hall–Kier alpha value is -2.77. The maximum atomic E-state index is 12.7. The number of anilines is 1. The van der Waals surface area contributed by atoms with Crippen molar-refractivity contribution in [1.29, 1.82) is 0 Å². The van der Waals surface area contributed by atoms with Crippen molar-refractivity contribution in [3.05, 3.63) is 23.8 Å². The molecule has 0 spiro atoms. The highest BCUT2D eigenvalue weighted by Crippen LogP contribution is 2.31. The summed E-state index contributed by atoms with van der Waals surface area (Å²) in [6, 6.07) is 4.71. The molecule has 2 rings (SSSR count). The second-order valence-electron chi connectivity index (χ2n) is 10.8. The fraction of sp³-hybridized carbons (Fsp3) is 0.654. The van der Waals surface area contributed by atoms with Crippen molar-refractivity contribution in [2.45, 2.75) is 91.3 Å². The summed E-state index contributed by atoms with van der Waals surface area (Å²) in [6.07, 6.45) is -8.88. The number of hydrogen-bond donors (Lipinski definition) is 6. The Morgan fingerprint density at radius 3 is 2.29 bits per heavy atom. The summed E-state index contributed by atoms with van der Waals surface area (Å²) in [5.41, 5.74) is -0.0268. The molecule has 1 saturated heterocycles. The Kier molecular flexibility index (Phi) is 11.0. The Bertz CT molecular complexity index is 977. The number of carbonyl (C=O) groups excluding carboxylic acids is 2. The SMILES string of the molecule is CC(C)C(C)NCCC(=O)Nc1cc(COC(=O)C(C)(C)C)ccc1O[C@H]1O[C@H](C(=O)O)[C@@H](O)[C@H](O)[C@H]1O. The van der Waals surface area contributed by atoms with Gasteiger partial charge in [-0.25, -0.2) is 4.79 Å². The highest BCUT2D eigenvalue weighted by molar-refractivity contribution is 5.92. The van der Waals surface area contributed by atoms with E-state index in [1.165, 1.54) is 12.1 Å². The fourth-order valence-electron chi connectivity index (χ4n) is 3.37. The first-order chi connectivity index (χ1) is 17.6. The van der Waals surface area contributed by atoms with E-state index < -0.39 is 48.1 Å². The van der Waals surface area contributed by atoms with Crippen molar-refractivity contribution < 1.29 is 49.0 Å². The number of rotatable bonds is 11. The lowest BCUT2D eigenvalue weighted by Crippen LogP contribution is -2.61. The van der Waals surface area contributed by atoms with Gasteiger partial charge in [-0.3, -0.25) is 9.59 Å². The van der Waals surface area contributed by atoms with Crippen LogP contribution in [-0.2, 0) is 30.5 Å². The van der Waals surface area contributed by atoms with Crippen LogP contribution in [0.5, 0.6) is 5.75 Å². The maximum absolute atomic E-state index is 12.7. The minimum atomic E-state index is -1.87. The first kappa shape index (κ1) is 31.4. The van der Waals surface area contributed by atoms with E-state index in [1.807, 2.05) is 6.92 Å². The fourth-order valence-corrected chi connectivity index (χ4v) is 3.37. The molecular formula is C26H40N2O10. The molecule has 12 heteroatoms. The molecule has 12 nitrogen and oxygen atoms in total. The molecule has 6 atom stereocenters. The molecule has 0 aromatic heterocycles. The van der Waals surface area contributed by atoms with Gasteiger partial charge in [0.25, 0.3) is 0 Å². The standard InChI is InChI=1S/C26H40N2O10/c1-13(2)14(3)27-10-9-18(29)28-16-11-15(12-36-25(35)26(4,5)6)7-8-17(16)37-24-21(32)19(30)20(31)22(38-24)23(33)34/h7-8,11,13-14,19-22,24,27,30-32H,9-10,12H2,1-6H3,(H,28,29)(H,33,34)/t14?,19-,20-,21+,22-,24-/m0/s1. The molecule has 1 fully saturated rings. The van der Waals surface area contributed by atoms with Crippen LogP contribution < -0.4 is 15.4 Å². The van der Waals surface area contributed by atoms with Gasteiger partial charge in [0.15, 0.2) is 6.10 Å². The van der Waals surface area contributed by atoms with Crippen LogP contribution in [0.3, 0.4) is 0 Å². The van der Waals surface area contributed by atoms with Crippen LogP contribution in [-0.4, -0.2) is 81.6 Å². The zero-order valence-electron chi connectivity index (χ0n) is 22.6. The summed E-state index contributed by atoms with van der Waals surface area (Å²) in [6.45, 7) is 11.6. The van der Waals surface area contributed by atoms with Gasteiger partial charge in [0.05, 0.1) is 11.1 Å². The number of aliphatic hydroxyl groups is 3. The first-order valence-electron chi connectivity index (χ1n) is 12.5. The number of carbonyl (C=O) groups is 3. The third kappa shape index (κ3) is 8.63. The summed E-state index contributed by atoms with van der Waals surface area (Å²) in [7, 11) is 0.